The first-order chi connectivity index (χ1) is 15.2. The SMILES string of the molecule is O=C(NC[C@@H]1CCCN(C(=O)CSc2ccc(C(F)(F)F)cn2)C1)Nc1cccc(F)c1. The van der Waals surface area contributed by atoms with E-state index in [0.29, 0.717) is 30.3 Å². The van der Waals surface area contributed by atoms with Gasteiger partial charge >= 0.3 is 12.2 Å². The van der Waals surface area contributed by atoms with E-state index in [-0.39, 0.29) is 17.6 Å². The van der Waals surface area contributed by atoms with Crippen molar-refractivity contribution in [3.8, 4) is 0 Å². The number of halogens is 4. The van der Waals surface area contributed by atoms with Crippen molar-refractivity contribution in [1.82, 2.24) is 15.2 Å². The molecule has 1 atom stereocenters. The molecule has 0 radical (unpaired) electrons. The van der Waals surface area contributed by atoms with Crippen molar-refractivity contribution in [2.24, 2.45) is 5.92 Å². The molecule has 1 aliphatic heterocycles. The third-order valence-electron chi connectivity index (χ3n) is 4.91. The number of nitrogens with zero attached hydrogens (tertiary/aromatic N) is 2. The molecule has 0 unspecified atom stereocenters. The molecule has 3 amide bonds. The van der Waals surface area contributed by atoms with Gasteiger partial charge in [0.1, 0.15) is 5.82 Å². The third-order valence-corrected chi connectivity index (χ3v) is 5.84. The van der Waals surface area contributed by atoms with Crippen LogP contribution in [0.5, 0.6) is 0 Å². The van der Waals surface area contributed by atoms with Crippen LogP contribution in [0.2, 0.25) is 0 Å². The molecule has 2 aromatic rings. The van der Waals surface area contributed by atoms with Crippen LogP contribution >= 0.6 is 11.8 Å². The molecule has 32 heavy (non-hydrogen) atoms. The van der Waals surface area contributed by atoms with E-state index in [0.717, 1.165) is 36.9 Å². The smallest absolute Gasteiger partial charge is 0.342 e. The maximum absolute atomic E-state index is 13.2. The van der Waals surface area contributed by atoms with Crippen LogP contribution in [-0.4, -0.2) is 47.2 Å². The Morgan fingerprint density at radius 3 is 2.72 bits per heavy atom. The van der Waals surface area contributed by atoms with E-state index in [9.17, 15) is 27.2 Å². The zero-order chi connectivity index (χ0) is 23.1. The number of nitrogens with one attached hydrogen (secondary N) is 2. The van der Waals surface area contributed by atoms with Crippen LogP contribution < -0.4 is 10.6 Å². The Balaban J connectivity index is 1.42. The lowest BCUT2D eigenvalue weighted by atomic mass is 9.98. The zero-order valence-electron chi connectivity index (χ0n) is 17.0. The van der Waals surface area contributed by atoms with Gasteiger partial charge in [0.05, 0.1) is 16.3 Å². The van der Waals surface area contributed by atoms with Crippen molar-refractivity contribution in [3.05, 3.63) is 54.0 Å². The number of carbonyl (C=O) groups is 2. The minimum Gasteiger partial charge on any atom is -0.342 e. The topological polar surface area (TPSA) is 74.3 Å². The van der Waals surface area contributed by atoms with E-state index >= 15 is 0 Å². The normalized spacial score (nSPS) is 16.5. The van der Waals surface area contributed by atoms with Crippen LogP contribution in [0.3, 0.4) is 0 Å². The maximum atomic E-state index is 13.2. The number of alkyl halides is 3. The van der Waals surface area contributed by atoms with Crippen LogP contribution in [0.15, 0.2) is 47.6 Å². The number of amides is 3. The second-order valence-corrected chi connectivity index (χ2v) is 8.36. The van der Waals surface area contributed by atoms with Gasteiger partial charge in [0.25, 0.3) is 0 Å². The molecule has 0 saturated carbocycles. The fourth-order valence-electron chi connectivity index (χ4n) is 3.30. The number of hydrogen-bond donors (Lipinski definition) is 2. The maximum Gasteiger partial charge on any atom is 0.417 e. The number of benzene rings is 1. The highest BCUT2D eigenvalue weighted by molar-refractivity contribution is 7.99. The van der Waals surface area contributed by atoms with Crippen molar-refractivity contribution in [2.45, 2.75) is 24.0 Å². The monoisotopic (exact) mass is 470 g/mol. The minimum atomic E-state index is -4.45. The van der Waals surface area contributed by atoms with Gasteiger partial charge in [-0.25, -0.2) is 14.2 Å². The molecule has 0 spiro atoms. The Hall–Kier alpha value is -2.82. The third kappa shape index (κ3) is 7.11. The number of piperidine rings is 1. The van der Waals surface area contributed by atoms with E-state index in [1.807, 2.05) is 0 Å². The van der Waals surface area contributed by atoms with Crippen LogP contribution in [0.25, 0.3) is 0 Å². The van der Waals surface area contributed by atoms with Crippen molar-refractivity contribution in [1.29, 1.82) is 0 Å². The number of pyridine rings is 1. The number of aromatic nitrogens is 1. The molecule has 1 aromatic carbocycles. The number of urea groups is 1. The molecular weight excluding hydrogens is 448 g/mol. The predicted molar refractivity (Wildman–Crippen MR) is 113 cm³/mol. The summed E-state index contributed by atoms with van der Waals surface area (Å²) in [7, 11) is 0. The molecule has 172 valence electrons. The predicted octanol–water partition coefficient (Wildman–Crippen LogP) is 4.39. The van der Waals surface area contributed by atoms with Gasteiger partial charge < -0.3 is 15.5 Å². The number of thioether (sulfide) groups is 1. The lowest BCUT2D eigenvalue weighted by Gasteiger charge is -2.32. The molecule has 1 fully saturated rings. The average molecular weight is 470 g/mol. The van der Waals surface area contributed by atoms with Gasteiger partial charge in [-0.3, -0.25) is 4.79 Å². The number of rotatable bonds is 6. The standard InChI is InChI=1S/C21H22F4N4O2S/c22-16-4-1-5-17(9-16)28-20(31)27-10-14-3-2-8-29(12-14)19(30)13-32-18-7-6-15(11-26-18)21(23,24)25/h1,4-7,9,11,14H,2-3,8,10,12-13H2,(H2,27,28,31)/t14-/m0/s1. The summed E-state index contributed by atoms with van der Waals surface area (Å²) < 4.78 is 51.0. The molecule has 1 saturated heterocycles. The molecule has 3 rings (SSSR count). The molecule has 1 aliphatic rings. The summed E-state index contributed by atoms with van der Waals surface area (Å²) in [6.45, 7) is 1.42. The Bertz CT molecular complexity index is 940. The van der Waals surface area contributed by atoms with Crippen molar-refractivity contribution >= 4 is 29.4 Å². The number of carbonyl (C=O) groups excluding carboxylic acids is 2. The number of anilines is 1. The second kappa shape index (κ2) is 10.7. The summed E-state index contributed by atoms with van der Waals surface area (Å²) in [5.74, 6) is -0.446. The number of likely N-dealkylation sites (tertiary alicyclic amines) is 1. The molecule has 2 N–H and O–H groups in total. The lowest BCUT2D eigenvalue weighted by Crippen LogP contribution is -2.45. The first kappa shape index (κ1) is 23.8. The highest BCUT2D eigenvalue weighted by Crippen LogP contribution is 2.29. The molecule has 2 heterocycles. The molecule has 0 aliphatic carbocycles. The first-order valence-corrected chi connectivity index (χ1v) is 10.9. The largest absolute Gasteiger partial charge is 0.417 e. The summed E-state index contributed by atoms with van der Waals surface area (Å²) in [6.07, 6.45) is -2.06. The first-order valence-electron chi connectivity index (χ1n) is 9.95. The summed E-state index contributed by atoms with van der Waals surface area (Å²) in [6, 6.07) is 7.30. The van der Waals surface area contributed by atoms with Crippen LogP contribution in [0, 0.1) is 11.7 Å². The lowest BCUT2D eigenvalue weighted by molar-refractivity contribution is -0.138. The summed E-state index contributed by atoms with van der Waals surface area (Å²) in [5.41, 5.74) is -0.488. The molecular formula is C21H22F4N4O2S. The van der Waals surface area contributed by atoms with E-state index < -0.39 is 23.6 Å². The second-order valence-electron chi connectivity index (χ2n) is 7.36. The van der Waals surface area contributed by atoms with Gasteiger partial charge in [0.15, 0.2) is 0 Å². The fourth-order valence-corrected chi connectivity index (χ4v) is 4.04. The fraction of sp³-hybridized carbons (Fsp3) is 0.381. The average Bonchev–Trinajstić information content (AvgIpc) is 2.76. The summed E-state index contributed by atoms with van der Waals surface area (Å²) >= 11 is 1.08. The molecule has 11 heteroatoms. The minimum absolute atomic E-state index is 0.0680. The van der Waals surface area contributed by atoms with Crippen molar-refractivity contribution in [2.75, 3.05) is 30.7 Å². The molecule has 0 bridgehead atoms. The van der Waals surface area contributed by atoms with E-state index in [1.54, 1.807) is 11.0 Å². The molecule has 1 aromatic heterocycles. The van der Waals surface area contributed by atoms with Gasteiger partial charge in [0, 0.05) is 31.5 Å². The van der Waals surface area contributed by atoms with Crippen molar-refractivity contribution in [3.63, 3.8) is 0 Å². The molecule has 6 nitrogen and oxygen atoms in total. The summed E-state index contributed by atoms with van der Waals surface area (Å²) in [4.78, 5) is 30.0. The highest BCUT2D eigenvalue weighted by Gasteiger charge is 2.30. The van der Waals surface area contributed by atoms with E-state index in [2.05, 4.69) is 15.6 Å². The van der Waals surface area contributed by atoms with Gasteiger partial charge in [-0.2, -0.15) is 13.2 Å². The Morgan fingerprint density at radius 1 is 1.22 bits per heavy atom. The van der Waals surface area contributed by atoms with Crippen molar-refractivity contribution < 1.29 is 27.2 Å². The zero-order valence-corrected chi connectivity index (χ0v) is 17.8. The van der Waals surface area contributed by atoms with Gasteiger partial charge in [-0.15, -0.1) is 0 Å². The van der Waals surface area contributed by atoms with Crippen LogP contribution in [-0.2, 0) is 11.0 Å². The Kier molecular flexibility index (Phi) is 7.94. The summed E-state index contributed by atoms with van der Waals surface area (Å²) in [5, 5.41) is 5.64. The van der Waals surface area contributed by atoms with E-state index in [1.165, 1.54) is 24.3 Å². The van der Waals surface area contributed by atoms with Gasteiger partial charge in [-0.05, 0) is 49.1 Å². The van der Waals surface area contributed by atoms with Gasteiger partial charge in [0.2, 0.25) is 5.91 Å². The quantitative estimate of drug-likeness (QED) is 0.485. The van der Waals surface area contributed by atoms with Gasteiger partial charge in [-0.1, -0.05) is 17.8 Å². The van der Waals surface area contributed by atoms with Crippen LogP contribution in [0.1, 0.15) is 18.4 Å². The van der Waals surface area contributed by atoms with E-state index in [4.69, 9.17) is 0 Å². The van der Waals surface area contributed by atoms with Crippen LogP contribution in [0.4, 0.5) is 28.0 Å². The Labute approximate surface area is 186 Å². The Morgan fingerprint density at radius 2 is 2.03 bits per heavy atom. The number of hydrogen-bond acceptors (Lipinski definition) is 4. The highest BCUT2D eigenvalue weighted by atomic mass is 32.2.